The van der Waals surface area contributed by atoms with E-state index in [4.69, 9.17) is 9.47 Å². The van der Waals surface area contributed by atoms with Crippen molar-refractivity contribution in [3.8, 4) is 0 Å². The Hall–Kier alpha value is -0.990. The molecule has 0 amide bonds. The fraction of sp³-hybridized carbons (Fsp3) is 0.727. The van der Waals surface area contributed by atoms with Gasteiger partial charge in [0.05, 0.1) is 0 Å². The zero-order valence-corrected chi connectivity index (χ0v) is 8.71. The number of rotatable bonds is 1. The molecule has 14 heavy (non-hydrogen) atoms. The SMILES string of the molecule is C=C(C)[C@@H]1CC[C@@]2(C)OC(=O)O[C@@H]2C1. The van der Waals surface area contributed by atoms with Crippen molar-refractivity contribution in [2.45, 2.75) is 44.8 Å². The Kier molecular flexibility index (Phi) is 2.05. The molecule has 0 unspecified atom stereocenters. The van der Waals surface area contributed by atoms with E-state index in [9.17, 15) is 4.79 Å². The molecule has 1 aliphatic carbocycles. The van der Waals surface area contributed by atoms with Gasteiger partial charge in [0.1, 0.15) is 11.7 Å². The minimum Gasteiger partial charge on any atom is -0.427 e. The summed E-state index contributed by atoms with van der Waals surface area (Å²) in [6.07, 6.45) is 2.18. The Morgan fingerprint density at radius 1 is 1.64 bits per heavy atom. The fourth-order valence-corrected chi connectivity index (χ4v) is 2.32. The van der Waals surface area contributed by atoms with Crippen molar-refractivity contribution in [1.29, 1.82) is 0 Å². The molecule has 1 heterocycles. The summed E-state index contributed by atoms with van der Waals surface area (Å²) in [5.41, 5.74) is 0.790. The molecule has 3 atom stereocenters. The van der Waals surface area contributed by atoms with Crippen LogP contribution in [0.1, 0.15) is 33.1 Å². The monoisotopic (exact) mass is 196 g/mol. The number of hydrogen-bond acceptors (Lipinski definition) is 3. The number of carbonyl (C=O) groups is 1. The van der Waals surface area contributed by atoms with Gasteiger partial charge in [-0.2, -0.15) is 0 Å². The first-order valence-corrected chi connectivity index (χ1v) is 5.06. The van der Waals surface area contributed by atoms with Gasteiger partial charge in [0.15, 0.2) is 0 Å². The van der Waals surface area contributed by atoms with E-state index >= 15 is 0 Å². The highest BCUT2D eigenvalue weighted by molar-refractivity contribution is 5.63. The Bertz CT molecular complexity index is 284. The van der Waals surface area contributed by atoms with Gasteiger partial charge in [-0.3, -0.25) is 0 Å². The molecule has 0 aromatic carbocycles. The van der Waals surface area contributed by atoms with E-state index in [1.54, 1.807) is 0 Å². The maximum Gasteiger partial charge on any atom is 0.509 e. The van der Waals surface area contributed by atoms with Crippen LogP contribution in [0.15, 0.2) is 12.2 Å². The minimum atomic E-state index is -0.514. The van der Waals surface area contributed by atoms with Crippen LogP contribution in [0.2, 0.25) is 0 Å². The predicted octanol–water partition coefficient (Wildman–Crippen LogP) is 2.66. The molecule has 2 aliphatic rings. The Labute approximate surface area is 84.1 Å². The van der Waals surface area contributed by atoms with Crippen molar-refractivity contribution in [3.05, 3.63) is 12.2 Å². The molecule has 1 aliphatic heterocycles. The summed E-state index contributed by atoms with van der Waals surface area (Å²) in [5, 5.41) is 0. The first kappa shape index (κ1) is 9.56. The Balaban J connectivity index is 2.11. The average Bonchev–Trinajstić information content (AvgIpc) is 2.37. The molecule has 78 valence electrons. The molecule has 0 N–H and O–H groups in total. The summed E-state index contributed by atoms with van der Waals surface area (Å²) in [6.45, 7) is 7.94. The van der Waals surface area contributed by atoms with Crippen LogP contribution in [-0.2, 0) is 9.47 Å². The van der Waals surface area contributed by atoms with E-state index in [0.29, 0.717) is 5.92 Å². The van der Waals surface area contributed by atoms with Crippen LogP contribution in [0, 0.1) is 5.92 Å². The molecule has 0 spiro atoms. The highest BCUT2D eigenvalue weighted by Gasteiger charge is 2.50. The fourth-order valence-electron chi connectivity index (χ4n) is 2.32. The highest BCUT2D eigenvalue weighted by atomic mass is 16.8. The quantitative estimate of drug-likeness (QED) is 0.477. The number of fused-ring (bicyclic) bond motifs is 1. The minimum absolute atomic E-state index is 0.0783. The van der Waals surface area contributed by atoms with Gasteiger partial charge in [0, 0.05) is 0 Å². The van der Waals surface area contributed by atoms with Crippen LogP contribution in [0.4, 0.5) is 4.79 Å². The maximum atomic E-state index is 11.0. The smallest absolute Gasteiger partial charge is 0.427 e. The van der Waals surface area contributed by atoms with E-state index < -0.39 is 6.16 Å². The van der Waals surface area contributed by atoms with Crippen LogP contribution in [-0.4, -0.2) is 17.9 Å². The van der Waals surface area contributed by atoms with Crippen molar-refractivity contribution in [2.24, 2.45) is 5.92 Å². The molecule has 3 heteroatoms. The van der Waals surface area contributed by atoms with Crippen molar-refractivity contribution >= 4 is 6.16 Å². The predicted molar refractivity (Wildman–Crippen MR) is 51.9 cm³/mol. The van der Waals surface area contributed by atoms with Gasteiger partial charge in [0.25, 0.3) is 0 Å². The zero-order valence-electron chi connectivity index (χ0n) is 8.71. The normalized spacial score (nSPS) is 41.1. The highest BCUT2D eigenvalue weighted by Crippen LogP contribution is 2.42. The van der Waals surface area contributed by atoms with Gasteiger partial charge in [-0.1, -0.05) is 12.2 Å². The summed E-state index contributed by atoms with van der Waals surface area (Å²) in [5.74, 6) is 0.475. The van der Waals surface area contributed by atoms with Gasteiger partial charge < -0.3 is 9.47 Å². The van der Waals surface area contributed by atoms with Crippen molar-refractivity contribution in [2.75, 3.05) is 0 Å². The van der Waals surface area contributed by atoms with Crippen LogP contribution in [0.5, 0.6) is 0 Å². The van der Waals surface area contributed by atoms with Crippen molar-refractivity contribution in [3.63, 3.8) is 0 Å². The molecule has 1 saturated carbocycles. The molecular formula is C11H16O3. The molecule has 1 saturated heterocycles. The topological polar surface area (TPSA) is 35.5 Å². The largest absolute Gasteiger partial charge is 0.509 e. The molecule has 3 nitrogen and oxygen atoms in total. The summed E-state index contributed by atoms with van der Waals surface area (Å²) < 4.78 is 10.3. The number of allylic oxidation sites excluding steroid dienone is 1. The lowest BCUT2D eigenvalue weighted by Crippen LogP contribution is -2.42. The standard InChI is InChI=1S/C11H16O3/c1-7(2)8-4-5-11(3)9(6-8)13-10(12)14-11/h8-9H,1,4-6H2,2-3H3/t8-,9-,11-/m1/s1. The van der Waals surface area contributed by atoms with Gasteiger partial charge in [0.2, 0.25) is 0 Å². The second kappa shape index (κ2) is 3.01. The molecule has 0 aromatic rings. The van der Waals surface area contributed by atoms with Crippen LogP contribution >= 0.6 is 0 Å². The van der Waals surface area contributed by atoms with E-state index in [2.05, 4.69) is 6.58 Å². The summed E-state index contributed by atoms with van der Waals surface area (Å²) >= 11 is 0. The summed E-state index contributed by atoms with van der Waals surface area (Å²) in [4.78, 5) is 11.0. The van der Waals surface area contributed by atoms with E-state index in [0.717, 1.165) is 19.3 Å². The molecule has 0 radical (unpaired) electrons. The molecule has 0 bridgehead atoms. The first-order valence-electron chi connectivity index (χ1n) is 5.06. The van der Waals surface area contributed by atoms with Gasteiger partial charge in [-0.05, 0) is 39.0 Å². The molecular weight excluding hydrogens is 180 g/mol. The average molecular weight is 196 g/mol. The lowest BCUT2D eigenvalue weighted by atomic mass is 9.75. The van der Waals surface area contributed by atoms with Gasteiger partial charge in [-0.25, -0.2) is 4.79 Å². The third-order valence-corrected chi connectivity index (χ3v) is 3.42. The first-order chi connectivity index (χ1) is 6.51. The van der Waals surface area contributed by atoms with Crippen LogP contribution in [0.25, 0.3) is 0 Å². The molecule has 2 fully saturated rings. The van der Waals surface area contributed by atoms with Crippen molar-refractivity contribution in [1.82, 2.24) is 0 Å². The second-order valence-electron chi connectivity index (χ2n) is 4.59. The third-order valence-electron chi connectivity index (χ3n) is 3.42. The number of hydrogen-bond donors (Lipinski definition) is 0. The van der Waals surface area contributed by atoms with E-state index in [-0.39, 0.29) is 11.7 Å². The van der Waals surface area contributed by atoms with Crippen molar-refractivity contribution < 1.29 is 14.3 Å². The van der Waals surface area contributed by atoms with Crippen LogP contribution < -0.4 is 0 Å². The lowest BCUT2D eigenvalue weighted by Gasteiger charge is -2.35. The van der Waals surface area contributed by atoms with Crippen LogP contribution in [0.3, 0.4) is 0 Å². The number of ether oxygens (including phenoxy) is 2. The molecule has 2 rings (SSSR count). The lowest BCUT2D eigenvalue weighted by molar-refractivity contribution is 0.00194. The van der Waals surface area contributed by atoms with E-state index in [1.165, 1.54) is 5.57 Å². The Morgan fingerprint density at radius 2 is 2.36 bits per heavy atom. The number of carbonyl (C=O) groups excluding carboxylic acids is 1. The van der Waals surface area contributed by atoms with Gasteiger partial charge in [-0.15, -0.1) is 0 Å². The Morgan fingerprint density at radius 3 is 3.00 bits per heavy atom. The summed E-state index contributed by atoms with van der Waals surface area (Å²) in [6, 6.07) is 0. The third kappa shape index (κ3) is 1.41. The second-order valence-corrected chi connectivity index (χ2v) is 4.59. The maximum absolute atomic E-state index is 11.0. The van der Waals surface area contributed by atoms with E-state index in [1.807, 2.05) is 13.8 Å². The zero-order chi connectivity index (χ0) is 10.3. The van der Waals surface area contributed by atoms with Gasteiger partial charge >= 0.3 is 6.16 Å². The molecule has 0 aromatic heterocycles. The summed E-state index contributed by atoms with van der Waals surface area (Å²) in [7, 11) is 0.